The van der Waals surface area contributed by atoms with E-state index < -0.39 is 0 Å². The fourth-order valence-corrected chi connectivity index (χ4v) is 2.64. The smallest absolute Gasteiger partial charge is 0.271 e. The number of aryl methyl sites for hydroxylation is 1. The molecule has 25 heavy (non-hydrogen) atoms. The second-order valence-corrected chi connectivity index (χ2v) is 6.06. The molecule has 2 amide bonds. The van der Waals surface area contributed by atoms with Gasteiger partial charge in [0.25, 0.3) is 5.91 Å². The van der Waals surface area contributed by atoms with Gasteiger partial charge in [-0.1, -0.05) is 29.8 Å². The molecule has 0 radical (unpaired) electrons. The second-order valence-electron chi connectivity index (χ2n) is 6.06. The Morgan fingerprint density at radius 1 is 1.12 bits per heavy atom. The van der Waals surface area contributed by atoms with Crippen molar-refractivity contribution in [2.45, 2.75) is 13.5 Å². The number of carbonyl (C=O) groups is 2. The summed E-state index contributed by atoms with van der Waals surface area (Å²) in [5, 5.41) is 2.85. The highest BCUT2D eigenvalue weighted by atomic mass is 16.2. The molecule has 1 saturated heterocycles. The highest BCUT2D eigenvalue weighted by molar-refractivity contribution is 5.91. The van der Waals surface area contributed by atoms with Crippen LogP contribution in [0.1, 0.15) is 21.6 Å². The molecule has 1 fully saturated rings. The number of hydrogen-bond donors (Lipinski definition) is 1. The number of anilines is 1. The lowest BCUT2D eigenvalue weighted by molar-refractivity contribution is -0.118. The normalized spacial score (nSPS) is 14.3. The maximum Gasteiger partial charge on any atom is 0.271 e. The van der Waals surface area contributed by atoms with Gasteiger partial charge in [-0.15, -0.1) is 0 Å². The van der Waals surface area contributed by atoms with Gasteiger partial charge in [0.2, 0.25) is 6.41 Å². The SMILES string of the molecule is Cc1ccc(CNC(=O)c2cnc(N3CCN(C=O)CC3)cn2)cc1. The molecule has 7 heteroatoms. The van der Waals surface area contributed by atoms with Crippen LogP contribution in [0, 0.1) is 6.92 Å². The first kappa shape index (κ1) is 16.9. The fourth-order valence-electron chi connectivity index (χ4n) is 2.64. The number of piperazine rings is 1. The van der Waals surface area contributed by atoms with E-state index in [4.69, 9.17) is 0 Å². The summed E-state index contributed by atoms with van der Waals surface area (Å²) in [6.07, 6.45) is 3.97. The molecule has 0 bridgehead atoms. The molecule has 2 aromatic rings. The predicted octanol–water partition coefficient (Wildman–Crippen LogP) is 0.993. The Bertz CT molecular complexity index is 722. The zero-order valence-electron chi connectivity index (χ0n) is 14.2. The van der Waals surface area contributed by atoms with E-state index in [1.807, 2.05) is 31.2 Å². The molecule has 1 aliphatic heterocycles. The fraction of sp³-hybridized carbons (Fsp3) is 0.333. The summed E-state index contributed by atoms with van der Waals surface area (Å²) in [5.74, 6) is 0.478. The van der Waals surface area contributed by atoms with Crippen molar-refractivity contribution in [3.63, 3.8) is 0 Å². The summed E-state index contributed by atoms with van der Waals surface area (Å²) in [6.45, 7) is 5.25. The van der Waals surface area contributed by atoms with Gasteiger partial charge in [-0.05, 0) is 12.5 Å². The summed E-state index contributed by atoms with van der Waals surface area (Å²) >= 11 is 0. The molecule has 2 heterocycles. The molecule has 0 unspecified atom stereocenters. The number of carbonyl (C=O) groups excluding carboxylic acids is 2. The van der Waals surface area contributed by atoms with Gasteiger partial charge in [0.1, 0.15) is 11.5 Å². The van der Waals surface area contributed by atoms with E-state index in [1.54, 1.807) is 11.1 Å². The first-order valence-corrected chi connectivity index (χ1v) is 8.26. The Kier molecular flexibility index (Phi) is 5.23. The Morgan fingerprint density at radius 3 is 2.44 bits per heavy atom. The first-order valence-electron chi connectivity index (χ1n) is 8.26. The van der Waals surface area contributed by atoms with E-state index in [2.05, 4.69) is 20.2 Å². The van der Waals surface area contributed by atoms with Crippen molar-refractivity contribution in [1.82, 2.24) is 20.2 Å². The Balaban J connectivity index is 1.55. The average Bonchev–Trinajstić information content (AvgIpc) is 2.67. The second kappa shape index (κ2) is 7.74. The molecule has 1 aromatic heterocycles. The van der Waals surface area contributed by atoms with E-state index in [0.29, 0.717) is 38.4 Å². The third kappa shape index (κ3) is 4.32. The van der Waals surface area contributed by atoms with Crippen LogP contribution in [0.4, 0.5) is 5.82 Å². The third-order valence-electron chi connectivity index (χ3n) is 4.23. The summed E-state index contributed by atoms with van der Waals surface area (Å²) in [4.78, 5) is 35.3. The molecular formula is C18H21N5O2. The summed E-state index contributed by atoms with van der Waals surface area (Å²) in [6, 6.07) is 8.01. The van der Waals surface area contributed by atoms with Gasteiger partial charge in [-0.25, -0.2) is 9.97 Å². The van der Waals surface area contributed by atoms with Gasteiger partial charge in [0.15, 0.2) is 0 Å². The van der Waals surface area contributed by atoms with Crippen molar-refractivity contribution in [2.75, 3.05) is 31.1 Å². The minimum absolute atomic E-state index is 0.245. The van der Waals surface area contributed by atoms with Crippen LogP contribution in [-0.4, -0.2) is 53.4 Å². The zero-order valence-corrected chi connectivity index (χ0v) is 14.2. The Labute approximate surface area is 146 Å². The van der Waals surface area contributed by atoms with Crippen molar-refractivity contribution in [2.24, 2.45) is 0 Å². The minimum Gasteiger partial charge on any atom is -0.352 e. The van der Waals surface area contributed by atoms with Crippen LogP contribution in [-0.2, 0) is 11.3 Å². The minimum atomic E-state index is -0.245. The summed E-state index contributed by atoms with van der Waals surface area (Å²) < 4.78 is 0. The van der Waals surface area contributed by atoms with Crippen molar-refractivity contribution < 1.29 is 9.59 Å². The molecule has 130 valence electrons. The van der Waals surface area contributed by atoms with Crippen LogP contribution >= 0.6 is 0 Å². The van der Waals surface area contributed by atoms with Gasteiger partial charge in [-0.3, -0.25) is 9.59 Å². The molecule has 0 saturated carbocycles. The summed E-state index contributed by atoms with van der Waals surface area (Å²) in [5.41, 5.74) is 2.52. The quantitative estimate of drug-likeness (QED) is 0.822. The van der Waals surface area contributed by atoms with Crippen molar-refractivity contribution >= 4 is 18.1 Å². The molecule has 0 atom stereocenters. The number of nitrogens with one attached hydrogen (secondary N) is 1. The van der Waals surface area contributed by atoms with Crippen molar-refractivity contribution in [1.29, 1.82) is 0 Å². The zero-order chi connectivity index (χ0) is 17.6. The Hall–Kier alpha value is -2.96. The van der Waals surface area contributed by atoms with Gasteiger partial charge in [-0.2, -0.15) is 0 Å². The standard InChI is InChI=1S/C18H21N5O2/c1-14-2-4-15(5-3-14)10-21-18(25)16-11-20-17(12-19-16)23-8-6-22(13-24)7-9-23/h2-5,11-13H,6-10H2,1H3,(H,21,25). The maximum atomic E-state index is 12.2. The van der Waals surface area contributed by atoms with Crippen LogP contribution in [0.25, 0.3) is 0 Å². The van der Waals surface area contributed by atoms with Crippen LogP contribution in [0.15, 0.2) is 36.7 Å². The van der Waals surface area contributed by atoms with E-state index >= 15 is 0 Å². The number of hydrogen-bond acceptors (Lipinski definition) is 5. The molecule has 0 spiro atoms. The van der Waals surface area contributed by atoms with Crippen molar-refractivity contribution in [3.8, 4) is 0 Å². The first-order chi connectivity index (χ1) is 12.2. The topological polar surface area (TPSA) is 78.4 Å². The molecule has 0 aliphatic carbocycles. The average molecular weight is 339 g/mol. The lowest BCUT2D eigenvalue weighted by atomic mass is 10.1. The predicted molar refractivity (Wildman–Crippen MR) is 94.2 cm³/mol. The number of benzene rings is 1. The van der Waals surface area contributed by atoms with Crippen LogP contribution in [0.2, 0.25) is 0 Å². The highest BCUT2D eigenvalue weighted by Crippen LogP contribution is 2.12. The van der Waals surface area contributed by atoms with E-state index in [1.165, 1.54) is 11.8 Å². The molecule has 7 nitrogen and oxygen atoms in total. The van der Waals surface area contributed by atoms with Gasteiger partial charge < -0.3 is 15.1 Å². The molecular weight excluding hydrogens is 318 g/mol. The van der Waals surface area contributed by atoms with Gasteiger partial charge >= 0.3 is 0 Å². The highest BCUT2D eigenvalue weighted by Gasteiger charge is 2.17. The lowest BCUT2D eigenvalue weighted by Crippen LogP contribution is -2.46. The van der Waals surface area contributed by atoms with Gasteiger partial charge in [0.05, 0.1) is 12.4 Å². The number of aromatic nitrogens is 2. The monoisotopic (exact) mass is 339 g/mol. The van der Waals surface area contributed by atoms with E-state index in [9.17, 15) is 9.59 Å². The molecule has 1 N–H and O–H groups in total. The number of nitrogens with zero attached hydrogens (tertiary/aromatic N) is 4. The Morgan fingerprint density at radius 2 is 1.84 bits per heavy atom. The van der Waals surface area contributed by atoms with E-state index in [0.717, 1.165) is 17.8 Å². The molecule has 1 aromatic carbocycles. The third-order valence-corrected chi connectivity index (χ3v) is 4.23. The van der Waals surface area contributed by atoms with Gasteiger partial charge in [0, 0.05) is 32.7 Å². The van der Waals surface area contributed by atoms with Crippen LogP contribution in [0.3, 0.4) is 0 Å². The largest absolute Gasteiger partial charge is 0.352 e. The lowest BCUT2D eigenvalue weighted by Gasteiger charge is -2.33. The van der Waals surface area contributed by atoms with Crippen LogP contribution in [0.5, 0.6) is 0 Å². The molecule has 1 aliphatic rings. The van der Waals surface area contributed by atoms with Crippen LogP contribution < -0.4 is 10.2 Å². The van der Waals surface area contributed by atoms with Crippen molar-refractivity contribution in [3.05, 3.63) is 53.5 Å². The molecule has 3 rings (SSSR count). The summed E-state index contributed by atoms with van der Waals surface area (Å²) in [7, 11) is 0. The number of amides is 2. The maximum absolute atomic E-state index is 12.2. The van der Waals surface area contributed by atoms with E-state index in [-0.39, 0.29) is 5.91 Å². The number of rotatable bonds is 5.